The minimum atomic E-state index is -0.269. The highest BCUT2D eigenvalue weighted by molar-refractivity contribution is 6.03. The number of anilines is 1. The van der Waals surface area contributed by atoms with Crippen LogP contribution in [0, 0.1) is 11.3 Å². The predicted molar refractivity (Wildman–Crippen MR) is 83.3 cm³/mol. The van der Waals surface area contributed by atoms with Crippen molar-refractivity contribution >= 4 is 17.4 Å². The lowest BCUT2D eigenvalue weighted by Crippen LogP contribution is -2.12. The van der Waals surface area contributed by atoms with Crippen LogP contribution >= 0.6 is 0 Å². The smallest absolute Gasteiger partial charge is 0.221 e. The molecule has 0 atom stereocenters. The Morgan fingerprint density at radius 2 is 2.05 bits per heavy atom. The summed E-state index contributed by atoms with van der Waals surface area (Å²) in [7, 11) is 0. The molecule has 0 saturated carbocycles. The molecule has 0 spiro atoms. The zero-order valence-corrected chi connectivity index (χ0v) is 12.4. The van der Waals surface area contributed by atoms with Gasteiger partial charge in [-0.05, 0) is 23.8 Å². The molecule has 5 nitrogen and oxygen atoms in total. The molecule has 0 unspecified atom stereocenters. The topological polar surface area (TPSA) is 82.8 Å². The molecular formula is C17H15N3O2. The van der Waals surface area contributed by atoms with Gasteiger partial charge in [0.1, 0.15) is 5.69 Å². The van der Waals surface area contributed by atoms with E-state index in [1.807, 2.05) is 6.07 Å². The van der Waals surface area contributed by atoms with Gasteiger partial charge in [0.2, 0.25) is 5.91 Å². The number of carbonyl (C=O) groups excluding carboxylic acids is 2. The Labute approximate surface area is 128 Å². The van der Waals surface area contributed by atoms with Crippen LogP contribution in [0.5, 0.6) is 0 Å². The number of benzene rings is 1. The Balaban J connectivity index is 2.52. The Morgan fingerprint density at radius 1 is 1.27 bits per heavy atom. The van der Waals surface area contributed by atoms with E-state index in [-0.39, 0.29) is 17.4 Å². The Kier molecular flexibility index (Phi) is 4.64. The monoisotopic (exact) mass is 293 g/mol. The number of nitriles is 1. The molecule has 1 N–H and O–H groups in total. The first kappa shape index (κ1) is 15.4. The summed E-state index contributed by atoms with van der Waals surface area (Å²) >= 11 is 0. The molecule has 1 heterocycles. The van der Waals surface area contributed by atoms with Gasteiger partial charge >= 0.3 is 0 Å². The molecule has 2 aromatic rings. The maximum absolute atomic E-state index is 11.9. The van der Waals surface area contributed by atoms with Crippen molar-refractivity contribution in [1.82, 2.24) is 4.98 Å². The maximum atomic E-state index is 11.9. The van der Waals surface area contributed by atoms with Crippen molar-refractivity contribution in [2.75, 3.05) is 5.32 Å². The third kappa shape index (κ3) is 3.36. The molecule has 0 fully saturated rings. The fraction of sp³-hybridized carbons (Fsp3) is 0.176. The fourth-order valence-corrected chi connectivity index (χ4v) is 2.07. The van der Waals surface area contributed by atoms with Gasteiger partial charge in [0.15, 0.2) is 5.78 Å². The molecular weight excluding hydrogens is 278 g/mol. The summed E-state index contributed by atoms with van der Waals surface area (Å²) in [4.78, 5) is 27.4. The van der Waals surface area contributed by atoms with E-state index in [0.717, 1.165) is 11.1 Å². The molecule has 5 heteroatoms. The van der Waals surface area contributed by atoms with Gasteiger partial charge in [-0.1, -0.05) is 19.1 Å². The summed E-state index contributed by atoms with van der Waals surface area (Å²) in [6.07, 6.45) is 1.88. The molecule has 1 amide bonds. The quantitative estimate of drug-likeness (QED) is 0.878. The summed E-state index contributed by atoms with van der Waals surface area (Å²) in [5, 5.41) is 11.6. The normalized spacial score (nSPS) is 9.86. The highest BCUT2D eigenvalue weighted by atomic mass is 16.1. The number of Topliss-reactive ketones (excluding diaryl/α,β-unsaturated/α-hetero) is 1. The van der Waals surface area contributed by atoms with E-state index in [9.17, 15) is 9.59 Å². The SMILES string of the molecule is CCC(=O)c1ncc(-c2cccc(C#N)c2)cc1NC(C)=O. The van der Waals surface area contributed by atoms with Crippen LogP contribution < -0.4 is 5.32 Å². The summed E-state index contributed by atoms with van der Waals surface area (Å²) in [5.41, 5.74) is 2.70. The molecule has 0 bridgehead atoms. The van der Waals surface area contributed by atoms with Crippen molar-refractivity contribution < 1.29 is 9.59 Å². The standard InChI is InChI=1S/C17H15N3O2/c1-3-16(22)17-15(20-11(2)21)8-14(10-19-17)13-6-4-5-12(7-13)9-18/h4-8,10H,3H2,1-2H3,(H,20,21). The van der Waals surface area contributed by atoms with Gasteiger partial charge in [0.25, 0.3) is 0 Å². The second-order valence-corrected chi connectivity index (χ2v) is 4.77. The van der Waals surface area contributed by atoms with Crippen LogP contribution in [0.15, 0.2) is 36.5 Å². The lowest BCUT2D eigenvalue weighted by Gasteiger charge is -2.10. The van der Waals surface area contributed by atoms with Crippen molar-refractivity contribution in [1.29, 1.82) is 5.26 Å². The Morgan fingerprint density at radius 3 is 2.68 bits per heavy atom. The number of ketones is 1. The molecule has 22 heavy (non-hydrogen) atoms. The van der Waals surface area contributed by atoms with Crippen LogP contribution in [0.4, 0.5) is 5.69 Å². The number of carbonyl (C=O) groups is 2. The van der Waals surface area contributed by atoms with Crippen LogP contribution in [-0.4, -0.2) is 16.7 Å². The Hall–Kier alpha value is -3.00. The molecule has 1 aromatic carbocycles. The molecule has 1 aromatic heterocycles. The van der Waals surface area contributed by atoms with Crippen molar-refractivity contribution in [3.63, 3.8) is 0 Å². The van der Waals surface area contributed by atoms with E-state index in [2.05, 4.69) is 16.4 Å². The van der Waals surface area contributed by atoms with E-state index in [1.165, 1.54) is 6.92 Å². The number of aromatic nitrogens is 1. The number of rotatable bonds is 4. The highest BCUT2D eigenvalue weighted by Crippen LogP contribution is 2.25. The number of hydrogen-bond donors (Lipinski definition) is 1. The van der Waals surface area contributed by atoms with Crippen molar-refractivity contribution in [2.24, 2.45) is 0 Å². The second kappa shape index (κ2) is 6.64. The first-order valence-electron chi connectivity index (χ1n) is 6.86. The number of nitrogens with one attached hydrogen (secondary N) is 1. The third-order valence-corrected chi connectivity index (χ3v) is 3.11. The summed E-state index contributed by atoms with van der Waals surface area (Å²) < 4.78 is 0. The van der Waals surface area contributed by atoms with E-state index in [0.29, 0.717) is 17.7 Å². The van der Waals surface area contributed by atoms with Gasteiger partial charge in [-0.15, -0.1) is 0 Å². The van der Waals surface area contributed by atoms with Crippen molar-refractivity contribution in [2.45, 2.75) is 20.3 Å². The molecule has 0 radical (unpaired) electrons. The zero-order valence-electron chi connectivity index (χ0n) is 12.4. The number of pyridine rings is 1. The van der Waals surface area contributed by atoms with Crippen LogP contribution in [0.25, 0.3) is 11.1 Å². The van der Waals surface area contributed by atoms with Gasteiger partial charge in [-0.25, -0.2) is 0 Å². The van der Waals surface area contributed by atoms with Crippen LogP contribution in [0.3, 0.4) is 0 Å². The zero-order chi connectivity index (χ0) is 16.1. The van der Waals surface area contributed by atoms with E-state index < -0.39 is 0 Å². The van der Waals surface area contributed by atoms with E-state index in [1.54, 1.807) is 37.4 Å². The Bertz CT molecular complexity index is 776. The van der Waals surface area contributed by atoms with Crippen LogP contribution in [0.1, 0.15) is 36.3 Å². The van der Waals surface area contributed by atoms with Crippen molar-refractivity contribution in [3.05, 3.63) is 47.8 Å². The lowest BCUT2D eigenvalue weighted by molar-refractivity contribution is -0.114. The number of hydrogen-bond acceptors (Lipinski definition) is 4. The number of amides is 1. The average molecular weight is 293 g/mol. The third-order valence-electron chi connectivity index (χ3n) is 3.11. The summed E-state index contributed by atoms with van der Waals surface area (Å²) in [6, 6.07) is 10.8. The second-order valence-electron chi connectivity index (χ2n) is 4.77. The summed E-state index contributed by atoms with van der Waals surface area (Å²) in [5.74, 6) is -0.407. The minimum absolute atomic E-state index is 0.138. The minimum Gasteiger partial charge on any atom is -0.324 e. The molecule has 0 aliphatic carbocycles. The van der Waals surface area contributed by atoms with Gasteiger partial charge in [-0.2, -0.15) is 5.26 Å². The average Bonchev–Trinajstić information content (AvgIpc) is 2.53. The van der Waals surface area contributed by atoms with E-state index in [4.69, 9.17) is 5.26 Å². The highest BCUT2D eigenvalue weighted by Gasteiger charge is 2.14. The molecule has 110 valence electrons. The van der Waals surface area contributed by atoms with Gasteiger partial charge in [0, 0.05) is 25.1 Å². The van der Waals surface area contributed by atoms with Crippen molar-refractivity contribution in [3.8, 4) is 17.2 Å². The molecule has 0 saturated heterocycles. The van der Waals surface area contributed by atoms with E-state index >= 15 is 0 Å². The van der Waals surface area contributed by atoms with Gasteiger partial charge in [-0.3, -0.25) is 14.6 Å². The summed E-state index contributed by atoms with van der Waals surface area (Å²) in [6.45, 7) is 3.12. The maximum Gasteiger partial charge on any atom is 0.221 e. The van der Waals surface area contributed by atoms with Gasteiger partial charge < -0.3 is 5.32 Å². The lowest BCUT2D eigenvalue weighted by atomic mass is 10.0. The van der Waals surface area contributed by atoms with Crippen LogP contribution in [-0.2, 0) is 4.79 Å². The molecule has 0 aliphatic rings. The number of nitrogens with zero attached hydrogens (tertiary/aromatic N) is 2. The largest absolute Gasteiger partial charge is 0.324 e. The fourth-order valence-electron chi connectivity index (χ4n) is 2.07. The van der Waals surface area contributed by atoms with Crippen LogP contribution in [0.2, 0.25) is 0 Å². The molecule has 0 aliphatic heterocycles. The van der Waals surface area contributed by atoms with Gasteiger partial charge in [0.05, 0.1) is 17.3 Å². The molecule has 2 rings (SSSR count). The predicted octanol–water partition coefficient (Wildman–Crippen LogP) is 3.17. The first-order valence-corrected chi connectivity index (χ1v) is 6.86. The first-order chi connectivity index (χ1) is 10.5.